The van der Waals surface area contributed by atoms with E-state index in [4.69, 9.17) is 4.42 Å². The molecular formula is C19H20N2O3. The molecule has 0 bridgehead atoms. The number of likely N-dealkylation sites (N-methyl/N-ethyl adjacent to an activating group) is 1. The van der Waals surface area contributed by atoms with Crippen LogP contribution in [0.15, 0.2) is 53.2 Å². The molecule has 1 aromatic carbocycles. The fraction of sp³-hybridized carbons (Fsp3) is 0.263. The van der Waals surface area contributed by atoms with Crippen molar-refractivity contribution < 1.29 is 14.0 Å². The Morgan fingerprint density at radius 3 is 2.62 bits per heavy atom. The molecule has 1 aliphatic carbocycles. The minimum Gasteiger partial charge on any atom is -0.465 e. The average Bonchev–Trinajstić information content (AvgIpc) is 3.24. The van der Waals surface area contributed by atoms with Gasteiger partial charge in [0.15, 0.2) is 0 Å². The number of rotatable bonds is 6. The van der Waals surface area contributed by atoms with Crippen LogP contribution in [0.3, 0.4) is 0 Å². The van der Waals surface area contributed by atoms with E-state index in [9.17, 15) is 9.59 Å². The highest BCUT2D eigenvalue weighted by molar-refractivity contribution is 5.94. The Morgan fingerprint density at radius 1 is 1.25 bits per heavy atom. The third-order valence-electron chi connectivity index (χ3n) is 3.86. The van der Waals surface area contributed by atoms with Crippen LogP contribution < -0.4 is 5.32 Å². The Labute approximate surface area is 141 Å². The summed E-state index contributed by atoms with van der Waals surface area (Å²) in [5, 5.41) is 2.96. The van der Waals surface area contributed by atoms with Crippen LogP contribution in [0.4, 0.5) is 0 Å². The number of furan rings is 1. The van der Waals surface area contributed by atoms with Crippen molar-refractivity contribution in [2.75, 3.05) is 7.05 Å². The van der Waals surface area contributed by atoms with Crippen LogP contribution in [-0.4, -0.2) is 29.8 Å². The van der Waals surface area contributed by atoms with Crippen LogP contribution >= 0.6 is 0 Å². The molecule has 3 rings (SSSR count). The van der Waals surface area contributed by atoms with E-state index in [2.05, 4.69) is 5.32 Å². The highest BCUT2D eigenvalue weighted by atomic mass is 16.3. The summed E-state index contributed by atoms with van der Waals surface area (Å²) >= 11 is 0. The molecule has 2 aromatic rings. The van der Waals surface area contributed by atoms with Gasteiger partial charge in [-0.1, -0.05) is 12.1 Å². The van der Waals surface area contributed by atoms with Crippen molar-refractivity contribution in [3.63, 3.8) is 0 Å². The molecule has 1 N–H and O–H groups in total. The number of hydrogen-bond acceptors (Lipinski definition) is 3. The zero-order chi connectivity index (χ0) is 16.9. The summed E-state index contributed by atoms with van der Waals surface area (Å²) in [5.41, 5.74) is 1.62. The van der Waals surface area contributed by atoms with Crippen LogP contribution in [0.1, 0.15) is 34.5 Å². The second kappa shape index (κ2) is 7.17. The van der Waals surface area contributed by atoms with Gasteiger partial charge in [0, 0.05) is 31.3 Å². The summed E-state index contributed by atoms with van der Waals surface area (Å²) < 4.78 is 5.15. The maximum atomic E-state index is 12.1. The zero-order valence-corrected chi connectivity index (χ0v) is 13.6. The van der Waals surface area contributed by atoms with Gasteiger partial charge in [0.25, 0.3) is 5.91 Å². The number of carbonyl (C=O) groups is 2. The van der Waals surface area contributed by atoms with E-state index >= 15 is 0 Å². The third kappa shape index (κ3) is 4.35. The van der Waals surface area contributed by atoms with E-state index in [-0.39, 0.29) is 11.8 Å². The lowest BCUT2D eigenvalue weighted by atomic mass is 10.1. The average molecular weight is 324 g/mol. The maximum Gasteiger partial charge on any atom is 0.251 e. The zero-order valence-electron chi connectivity index (χ0n) is 13.6. The highest BCUT2D eigenvalue weighted by Crippen LogP contribution is 2.19. The fourth-order valence-electron chi connectivity index (χ4n) is 2.28. The van der Waals surface area contributed by atoms with Crippen LogP contribution in [-0.2, 0) is 11.3 Å². The normalized spacial score (nSPS) is 13.9. The van der Waals surface area contributed by atoms with Gasteiger partial charge >= 0.3 is 0 Å². The van der Waals surface area contributed by atoms with Gasteiger partial charge in [0.05, 0.1) is 6.26 Å². The number of carbonyl (C=O) groups excluding carboxylic acids is 2. The summed E-state index contributed by atoms with van der Waals surface area (Å²) in [4.78, 5) is 25.6. The van der Waals surface area contributed by atoms with Crippen molar-refractivity contribution in [1.82, 2.24) is 10.2 Å². The summed E-state index contributed by atoms with van der Waals surface area (Å²) in [5.74, 6) is 0.500. The minimum atomic E-state index is -0.109. The van der Waals surface area contributed by atoms with Crippen LogP contribution in [0.2, 0.25) is 0 Å². The molecular weight excluding hydrogens is 304 g/mol. The predicted molar refractivity (Wildman–Crippen MR) is 91.1 cm³/mol. The van der Waals surface area contributed by atoms with Crippen molar-refractivity contribution in [3.8, 4) is 0 Å². The first-order chi connectivity index (χ1) is 11.6. The molecule has 5 nitrogen and oxygen atoms in total. The van der Waals surface area contributed by atoms with Crippen LogP contribution in [0, 0.1) is 0 Å². The molecule has 5 heteroatoms. The lowest BCUT2D eigenvalue weighted by Gasteiger charge is -2.15. The van der Waals surface area contributed by atoms with Gasteiger partial charge in [-0.2, -0.15) is 0 Å². The van der Waals surface area contributed by atoms with Crippen LogP contribution in [0.25, 0.3) is 6.08 Å². The van der Waals surface area contributed by atoms with Crippen molar-refractivity contribution in [2.45, 2.75) is 25.4 Å². The monoisotopic (exact) mass is 324 g/mol. The molecule has 1 heterocycles. The smallest absolute Gasteiger partial charge is 0.251 e. The highest BCUT2D eigenvalue weighted by Gasteiger charge is 2.23. The molecule has 2 amide bonds. The standard InChI is InChI=1S/C19H20N2O3/c1-21(18(22)11-10-17-3-2-12-24-17)13-14-4-6-15(7-5-14)19(23)20-16-8-9-16/h2-7,10-12,16H,8-9,13H2,1H3,(H,20,23)/b11-10-. The molecule has 0 saturated heterocycles. The molecule has 0 unspecified atom stereocenters. The second-order valence-electron chi connectivity index (χ2n) is 5.99. The van der Waals surface area contributed by atoms with Gasteiger partial charge in [-0.25, -0.2) is 0 Å². The maximum absolute atomic E-state index is 12.1. The van der Waals surface area contributed by atoms with E-state index in [0.29, 0.717) is 23.9 Å². The molecule has 0 atom stereocenters. The molecule has 1 aromatic heterocycles. The van der Waals surface area contributed by atoms with Gasteiger partial charge in [-0.05, 0) is 48.7 Å². The Balaban J connectivity index is 1.54. The van der Waals surface area contributed by atoms with E-state index in [0.717, 1.165) is 18.4 Å². The molecule has 1 saturated carbocycles. The summed E-state index contributed by atoms with van der Waals surface area (Å²) in [7, 11) is 1.74. The fourth-order valence-corrected chi connectivity index (χ4v) is 2.28. The Morgan fingerprint density at radius 2 is 2.00 bits per heavy atom. The van der Waals surface area contributed by atoms with Crippen molar-refractivity contribution in [2.24, 2.45) is 0 Å². The van der Waals surface area contributed by atoms with Crippen molar-refractivity contribution >= 4 is 17.9 Å². The Bertz CT molecular complexity index is 728. The first-order valence-electron chi connectivity index (χ1n) is 7.98. The quantitative estimate of drug-likeness (QED) is 0.831. The Hall–Kier alpha value is -2.82. The van der Waals surface area contributed by atoms with E-state index in [1.54, 1.807) is 48.6 Å². The van der Waals surface area contributed by atoms with E-state index < -0.39 is 0 Å². The molecule has 124 valence electrons. The molecule has 0 radical (unpaired) electrons. The molecule has 0 aliphatic heterocycles. The SMILES string of the molecule is CN(Cc1ccc(C(=O)NC2CC2)cc1)C(=O)/C=C\c1ccco1. The second-order valence-corrected chi connectivity index (χ2v) is 5.99. The largest absolute Gasteiger partial charge is 0.465 e. The van der Waals surface area contributed by atoms with Gasteiger partial charge in [-0.15, -0.1) is 0 Å². The Kier molecular flexibility index (Phi) is 4.79. The molecule has 1 fully saturated rings. The summed E-state index contributed by atoms with van der Waals surface area (Å²) in [6.45, 7) is 0.478. The first kappa shape index (κ1) is 16.1. The number of nitrogens with zero attached hydrogens (tertiary/aromatic N) is 1. The summed E-state index contributed by atoms with van der Waals surface area (Å²) in [6.07, 6.45) is 6.83. The molecule has 24 heavy (non-hydrogen) atoms. The summed E-state index contributed by atoms with van der Waals surface area (Å²) in [6, 6.07) is 11.3. The van der Waals surface area contributed by atoms with Crippen LogP contribution in [0.5, 0.6) is 0 Å². The third-order valence-corrected chi connectivity index (χ3v) is 3.86. The number of benzene rings is 1. The number of amides is 2. The molecule has 1 aliphatic rings. The van der Waals surface area contributed by atoms with Gasteiger partial charge < -0.3 is 14.6 Å². The minimum absolute atomic E-state index is 0.0325. The molecule has 0 spiro atoms. The van der Waals surface area contributed by atoms with Gasteiger partial charge in [0.1, 0.15) is 5.76 Å². The lowest BCUT2D eigenvalue weighted by Crippen LogP contribution is -2.26. The predicted octanol–water partition coefficient (Wildman–Crippen LogP) is 2.84. The van der Waals surface area contributed by atoms with E-state index in [1.165, 1.54) is 6.08 Å². The lowest BCUT2D eigenvalue weighted by molar-refractivity contribution is -0.125. The van der Waals surface area contributed by atoms with E-state index in [1.807, 2.05) is 12.1 Å². The first-order valence-corrected chi connectivity index (χ1v) is 7.98. The number of hydrogen-bond donors (Lipinski definition) is 1. The topological polar surface area (TPSA) is 62.6 Å². The van der Waals surface area contributed by atoms with Gasteiger partial charge in [-0.3, -0.25) is 9.59 Å². The number of nitrogens with one attached hydrogen (secondary N) is 1. The van der Waals surface area contributed by atoms with Gasteiger partial charge in [0.2, 0.25) is 5.91 Å². The van der Waals surface area contributed by atoms with Crippen molar-refractivity contribution in [3.05, 3.63) is 65.6 Å². The van der Waals surface area contributed by atoms with Crippen molar-refractivity contribution in [1.29, 1.82) is 0 Å².